The fraction of sp³-hybridized carbons (Fsp3) is 0.353. The van der Waals surface area contributed by atoms with Crippen molar-refractivity contribution in [3.63, 3.8) is 0 Å². The van der Waals surface area contributed by atoms with Crippen LogP contribution in [0.25, 0.3) is 0 Å². The highest BCUT2D eigenvalue weighted by molar-refractivity contribution is 6.04. The normalized spacial score (nSPS) is 18.7. The van der Waals surface area contributed by atoms with Crippen LogP contribution in [0.1, 0.15) is 17.9 Å². The minimum atomic E-state index is -1.81. The average Bonchev–Trinajstić information content (AvgIpc) is 2.93. The number of hydrogen-bond donors (Lipinski definition) is 1. The number of methoxy groups -OCH3 is 3. The molecular formula is C17H18N2O5. The van der Waals surface area contributed by atoms with Gasteiger partial charge in [-0.25, -0.2) is 0 Å². The molecular weight excluding hydrogens is 312 g/mol. The fourth-order valence-corrected chi connectivity index (χ4v) is 3.01. The zero-order valence-electron chi connectivity index (χ0n) is 13.7. The molecule has 1 unspecified atom stereocenters. The minimum absolute atomic E-state index is 0.0204. The molecule has 2 N–H and O–H groups in total. The van der Waals surface area contributed by atoms with Gasteiger partial charge in [-0.05, 0) is 24.1 Å². The summed E-state index contributed by atoms with van der Waals surface area (Å²) in [7, 11) is 3.86. The van der Waals surface area contributed by atoms with Crippen molar-refractivity contribution in [2.75, 3.05) is 21.3 Å². The molecule has 24 heavy (non-hydrogen) atoms. The minimum Gasteiger partial charge on any atom is -0.497 e. The van der Waals surface area contributed by atoms with Crippen LogP contribution in [0.3, 0.4) is 0 Å². The molecule has 0 radical (unpaired) electrons. The van der Waals surface area contributed by atoms with Gasteiger partial charge >= 0.3 is 11.9 Å². The highest BCUT2D eigenvalue weighted by Gasteiger charge is 2.58. The van der Waals surface area contributed by atoms with Crippen LogP contribution in [0.15, 0.2) is 35.5 Å². The summed E-state index contributed by atoms with van der Waals surface area (Å²) in [5.41, 5.74) is 5.01. The molecule has 0 bridgehead atoms. The zero-order chi connectivity index (χ0) is 17.9. The van der Waals surface area contributed by atoms with Crippen molar-refractivity contribution in [3.05, 3.63) is 41.1 Å². The van der Waals surface area contributed by atoms with Crippen molar-refractivity contribution in [2.24, 2.45) is 11.1 Å². The molecule has 0 saturated carbocycles. The first-order chi connectivity index (χ1) is 11.5. The molecule has 7 nitrogen and oxygen atoms in total. The molecule has 0 saturated heterocycles. The van der Waals surface area contributed by atoms with Gasteiger partial charge in [-0.2, -0.15) is 5.26 Å². The number of carbonyl (C=O) groups is 2. The Morgan fingerprint density at radius 2 is 1.71 bits per heavy atom. The number of nitrogens with zero attached hydrogens (tertiary/aromatic N) is 1. The summed E-state index contributed by atoms with van der Waals surface area (Å²) < 4.78 is 14.6. The Morgan fingerprint density at radius 1 is 1.17 bits per heavy atom. The van der Waals surface area contributed by atoms with Gasteiger partial charge in [0.05, 0.1) is 38.7 Å². The third-order valence-corrected chi connectivity index (χ3v) is 4.32. The van der Waals surface area contributed by atoms with Crippen LogP contribution in [-0.4, -0.2) is 33.3 Å². The first kappa shape index (κ1) is 17.3. The molecule has 0 aliphatic heterocycles. The van der Waals surface area contributed by atoms with E-state index in [1.54, 1.807) is 31.4 Å². The first-order valence-corrected chi connectivity index (χ1v) is 7.17. The summed E-state index contributed by atoms with van der Waals surface area (Å²) in [6.07, 6.45) is -0.0204. The number of ether oxygens (including phenoxy) is 3. The lowest BCUT2D eigenvalue weighted by Gasteiger charge is -2.25. The highest BCUT2D eigenvalue weighted by Crippen LogP contribution is 2.50. The van der Waals surface area contributed by atoms with E-state index in [1.165, 1.54) is 0 Å². The van der Waals surface area contributed by atoms with Crippen LogP contribution in [0.4, 0.5) is 0 Å². The van der Waals surface area contributed by atoms with Gasteiger partial charge in [0.25, 0.3) is 0 Å². The maximum Gasteiger partial charge on any atom is 0.329 e. The van der Waals surface area contributed by atoms with E-state index in [4.69, 9.17) is 19.9 Å². The van der Waals surface area contributed by atoms with E-state index in [2.05, 4.69) is 0 Å². The van der Waals surface area contributed by atoms with Gasteiger partial charge in [-0.15, -0.1) is 0 Å². The SMILES string of the molecule is COC(=O)C1(C(=O)OC)CC(c2ccc(OC)cc2)C(C#N)=C1N. The van der Waals surface area contributed by atoms with Gasteiger partial charge in [0.15, 0.2) is 0 Å². The predicted molar refractivity (Wildman–Crippen MR) is 83.6 cm³/mol. The molecule has 1 atom stereocenters. The zero-order valence-corrected chi connectivity index (χ0v) is 13.7. The summed E-state index contributed by atoms with van der Waals surface area (Å²) in [5.74, 6) is -1.54. The van der Waals surface area contributed by atoms with E-state index in [1.807, 2.05) is 6.07 Å². The van der Waals surface area contributed by atoms with Crippen LogP contribution >= 0.6 is 0 Å². The second-order valence-electron chi connectivity index (χ2n) is 5.36. The molecule has 0 fully saturated rings. The first-order valence-electron chi connectivity index (χ1n) is 7.17. The van der Waals surface area contributed by atoms with Crippen molar-refractivity contribution in [1.29, 1.82) is 5.26 Å². The van der Waals surface area contributed by atoms with E-state index < -0.39 is 23.3 Å². The summed E-state index contributed by atoms with van der Waals surface area (Å²) in [4.78, 5) is 24.6. The molecule has 2 rings (SSSR count). The van der Waals surface area contributed by atoms with Gasteiger partial charge in [0.2, 0.25) is 5.41 Å². The molecule has 7 heteroatoms. The predicted octanol–water partition coefficient (Wildman–Crippen LogP) is 1.25. The number of rotatable bonds is 4. The Morgan fingerprint density at radius 3 is 2.12 bits per heavy atom. The van der Waals surface area contributed by atoms with Crippen LogP contribution in [0.5, 0.6) is 5.75 Å². The van der Waals surface area contributed by atoms with E-state index in [0.717, 1.165) is 19.8 Å². The van der Waals surface area contributed by atoms with Crippen molar-refractivity contribution >= 4 is 11.9 Å². The smallest absolute Gasteiger partial charge is 0.329 e. The van der Waals surface area contributed by atoms with E-state index in [0.29, 0.717) is 5.75 Å². The Hall–Kier alpha value is -3.01. The molecule has 0 spiro atoms. The van der Waals surface area contributed by atoms with Gasteiger partial charge in [-0.3, -0.25) is 9.59 Å². The lowest BCUT2D eigenvalue weighted by atomic mass is 9.81. The fourth-order valence-electron chi connectivity index (χ4n) is 3.01. The second kappa shape index (κ2) is 6.62. The van der Waals surface area contributed by atoms with Crippen LogP contribution in [0, 0.1) is 16.7 Å². The quantitative estimate of drug-likeness (QED) is 0.653. The van der Waals surface area contributed by atoms with Crippen LogP contribution < -0.4 is 10.5 Å². The van der Waals surface area contributed by atoms with Crippen LogP contribution in [-0.2, 0) is 19.1 Å². The number of benzene rings is 1. The third-order valence-electron chi connectivity index (χ3n) is 4.32. The molecule has 0 aromatic heterocycles. The number of carbonyl (C=O) groups excluding carboxylic acids is 2. The van der Waals surface area contributed by atoms with Crippen molar-refractivity contribution < 1.29 is 23.8 Å². The topological polar surface area (TPSA) is 112 Å². The van der Waals surface area contributed by atoms with E-state index >= 15 is 0 Å². The number of hydrogen-bond acceptors (Lipinski definition) is 7. The molecule has 1 aromatic carbocycles. The van der Waals surface area contributed by atoms with Crippen molar-refractivity contribution in [1.82, 2.24) is 0 Å². The summed E-state index contributed by atoms with van der Waals surface area (Å²) >= 11 is 0. The number of esters is 2. The standard InChI is InChI=1S/C17H18N2O5/c1-22-11-6-4-10(5-7-11)12-8-17(15(20)23-2,16(21)24-3)14(19)13(12)9-18/h4-7,12H,8,19H2,1-3H3. The molecule has 0 amide bonds. The molecule has 1 aliphatic carbocycles. The Kier molecular flexibility index (Phi) is 4.79. The van der Waals surface area contributed by atoms with E-state index in [-0.39, 0.29) is 17.7 Å². The molecule has 126 valence electrons. The number of allylic oxidation sites excluding steroid dienone is 1. The maximum absolute atomic E-state index is 12.3. The summed E-state index contributed by atoms with van der Waals surface area (Å²) in [6, 6.07) is 9.00. The van der Waals surface area contributed by atoms with Crippen molar-refractivity contribution in [2.45, 2.75) is 12.3 Å². The largest absolute Gasteiger partial charge is 0.497 e. The average molecular weight is 330 g/mol. The van der Waals surface area contributed by atoms with Gasteiger partial charge in [0.1, 0.15) is 5.75 Å². The monoisotopic (exact) mass is 330 g/mol. The number of nitrogens with two attached hydrogens (primary N) is 1. The summed E-state index contributed by atoms with van der Waals surface area (Å²) in [5, 5.41) is 9.49. The lowest BCUT2D eigenvalue weighted by molar-refractivity contribution is -0.166. The van der Waals surface area contributed by atoms with Gasteiger partial charge in [-0.1, -0.05) is 12.1 Å². The second-order valence-corrected chi connectivity index (χ2v) is 5.36. The lowest BCUT2D eigenvalue weighted by Crippen LogP contribution is -2.43. The maximum atomic E-state index is 12.3. The molecule has 1 aromatic rings. The Labute approximate surface area is 139 Å². The Balaban J connectivity index is 2.56. The number of nitriles is 1. The van der Waals surface area contributed by atoms with Gasteiger partial charge < -0.3 is 19.9 Å². The Bertz CT molecular complexity index is 714. The highest BCUT2D eigenvalue weighted by atomic mass is 16.5. The third kappa shape index (κ3) is 2.46. The summed E-state index contributed by atoms with van der Waals surface area (Å²) in [6.45, 7) is 0. The van der Waals surface area contributed by atoms with Gasteiger partial charge in [0, 0.05) is 5.92 Å². The van der Waals surface area contributed by atoms with Crippen LogP contribution in [0.2, 0.25) is 0 Å². The molecule has 0 heterocycles. The van der Waals surface area contributed by atoms with E-state index in [9.17, 15) is 14.9 Å². The molecule has 1 aliphatic rings. The van der Waals surface area contributed by atoms with Crippen molar-refractivity contribution in [3.8, 4) is 11.8 Å².